The van der Waals surface area contributed by atoms with E-state index in [0.29, 0.717) is 36.5 Å². The van der Waals surface area contributed by atoms with Crippen LogP contribution in [0.2, 0.25) is 0 Å². The van der Waals surface area contributed by atoms with E-state index in [4.69, 9.17) is 9.05 Å². The fourth-order valence-electron chi connectivity index (χ4n) is 2.75. The van der Waals surface area contributed by atoms with E-state index in [2.05, 4.69) is 32.1 Å². The maximum absolute atomic E-state index is 5.43. The topological polar surface area (TPSA) is 81.1 Å². The molecule has 0 bridgehead atoms. The molecule has 1 fully saturated rings. The third-order valence-electron chi connectivity index (χ3n) is 4.44. The van der Waals surface area contributed by atoms with E-state index in [9.17, 15) is 0 Å². The Hall–Kier alpha value is -2.54. The fraction of sp³-hybridized carbons (Fsp3) is 0.444. The van der Waals surface area contributed by atoms with Gasteiger partial charge in [0.1, 0.15) is 0 Å². The molecule has 1 saturated carbocycles. The van der Waals surface area contributed by atoms with Gasteiger partial charge in [0.05, 0.1) is 13.1 Å². The summed E-state index contributed by atoms with van der Waals surface area (Å²) in [5.41, 5.74) is 2.12. The van der Waals surface area contributed by atoms with Gasteiger partial charge in [-0.3, -0.25) is 4.90 Å². The SMILES string of the molecule is CCN(Cc1noc(C2CC2)n1)Cc1nc(-c2ccccc2C)no1. The average Bonchev–Trinajstić information content (AvgIpc) is 3.19. The van der Waals surface area contributed by atoms with Crippen molar-refractivity contribution in [2.75, 3.05) is 6.54 Å². The fourth-order valence-corrected chi connectivity index (χ4v) is 2.75. The zero-order chi connectivity index (χ0) is 17.2. The average molecular weight is 339 g/mol. The van der Waals surface area contributed by atoms with Gasteiger partial charge in [-0.1, -0.05) is 41.5 Å². The highest BCUT2D eigenvalue weighted by Crippen LogP contribution is 2.38. The van der Waals surface area contributed by atoms with Crippen LogP contribution < -0.4 is 0 Å². The van der Waals surface area contributed by atoms with Gasteiger partial charge in [0.15, 0.2) is 5.82 Å². The van der Waals surface area contributed by atoms with Gasteiger partial charge >= 0.3 is 0 Å². The number of aromatic nitrogens is 4. The lowest BCUT2D eigenvalue weighted by Gasteiger charge is -2.15. The monoisotopic (exact) mass is 339 g/mol. The van der Waals surface area contributed by atoms with E-state index < -0.39 is 0 Å². The highest BCUT2D eigenvalue weighted by molar-refractivity contribution is 5.58. The van der Waals surface area contributed by atoms with Crippen LogP contribution in [-0.4, -0.2) is 31.7 Å². The minimum absolute atomic E-state index is 0.476. The molecule has 7 nitrogen and oxygen atoms in total. The number of nitrogens with zero attached hydrogens (tertiary/aromatic N) is 5. The van der Waals surface area contributed by atoms with Gasteiger partial charge in [-0.25, -0.2) is 0 Å². The zero-order valence-corrected chi connectivity index (χ0v) is 14.5. The van der Waals surface area contributed by atoms with Crippen LogP contribution in [0.4, 0.5) is 0 Å². The molecule has 0 spiro atoms. The van der Waals surface area contributed by atoms with Crippen LogP contribution in [0, 0.1) is 6.92 Å². The quantitative estimate of drug-likeness (QED) is 0.653. The lowest BCUT2D eigenvalue weighted by molar-refractivity contribution is 0.221. The molecule has 1 aromatic carbocycles. The third-order valence-corrected chi connectivity index (χ3v) is 4.44. The van der Waals surface area contributed by atoms with Gasteiger partial charge in [0.25, 0.3) is 0 Å². The Morgan fingerprint density at radius 3 is 2.68 bits per heavy atom. The molecular weight excluding hydrogens is 318 g/mol. The normalized spacial score (nSPS) is 14.4. The van der Waals surface area contributed by atoms with Crippen LogP contribution in [-0.2, 0) is 13.1 Å². The first-order valence-corrected chi connectivity index (χ1v) is 8.66. The number of aryl methyl sites for hydroxylation is 1. The van der Waals surface area contributed by atoms with Gasteiger partial charge in [-0.15, -0.1) is 0 Å². The molecular formula is C18H21N5O2. The smallest absolute Gasteiger partial charge is 0.241 e. The molecule has 0 N–H and O–H groups in total. The van der Waals surface area contributed by atoms with Gasteiger partial charge in [0.2, 0.25) is 17.6 Å². The summed E-state index contributed by atoms with van der Waals surface area (Å²) in [7, 11) is 0. The first kappa shape index (κ1) is 16.0. The Morgan fingerprint density at radius 2 is 1.92 bits per heavy atom. The summed E-state index contributed by atoms with van der Waals surface area (Å²) in [6.07, 6.45) is 2.31. The van der Waals surface area contributed by atoms with Gasteiger partial charge < -0.3 is 9.05 Å². The van der Waals surface area contributed by atoms with Crippen molar-refractivity contribution < 1.29 is 9.05 Å². The number of hydrogen-bond acceptors (Lipinski definition) is 7. The molecule has 0 amide bonds. The molecule has 2 aromatic heterocycles. The summed E-state index contributed by atoms with van der Waals surface area (Å²) in [5.74, 6) is 3.17. The maximum atomic E-state index is 5.43. The second-order valence-electron chi connectivity index (χ2n) is 6.45. The zero-order valence-electron chi connectivity index (χ0n) is 14.5. The Kier molecular flexibility index (Phi) is 4.31. The van der Waals surface area contributed by atoms with Gasteiger partial charge in [-0.2, -0.15) is 9.97 Å². The molecule has 1 aliphatic carbocycles. The van der Waals surface area contributed by atoms with Crippen LogP contribution in [0.3, 0.4) is 0 Å². The molecule has 130 valence electrons. The van der Waals surface area contributed by atoms with Crippen molar-refractivity contribution in [1.29, 1.82) is 0 Å². The van der Waals surface area contributed by atoms with Crippen molar-refractivity contribution in [2.24, 2.45) is 0 Å². The van der Waals surface area contributed by atoms with Crippen molar-refractivity contribution in [3.8, 4) is 11.4 Å². The van der Waals surface area contributed by atoms with Crippen LogP contribution in [0.5, 0.6) is 0 Å². The number of rotatable bonds is 7. The lowest BCUT2D eigenvalue weighted by Crippen LogP contribution is -2.23. The molecule has 7 heteroatoms. The third kappa shape index (κ3) is 3.61. The minimum atomic E-state index is 0.476. The van der Waals surface area contributed by atoms with Crippen molar-refractivity contribution in [3.05, 3.63) is 47.4 Å². The summed E-state index contributed by atoms with van der Waals surface area (Å²) in [6, 6.07) is 8.02. The highest BCUT2D eigenvalue weighted by atomic mass is 16.5. The predicted octanol–water partition coefficient (Wildman–Crippen LogP) is 3.33. The second kappa shape index (κ2) is 6.76. The Balaban J connectivity index is 1.43. The van der Waals surface area contributed by atoms with Crippen molar-refractivity contribution in [2.45, 2.75) is 45.7 Å². The maximum Gasteiger partial charge on any atom is 0.241 e. The molecule has 4 rings (SSSR count). The van der Waals surface area contributed by atoms with Gasteiger partial charge in [-0.05, 0) is 31.9 Å². The van der Waals surface area contributed by atoms with Crippen molar-refractivity contribution in [3.63, 3.8) is 0 Å². The minimum Gasteiger partial charge on any atom is -0.339 e. The van der Waals surface area contributed by atoms with Gasteiger partial charge in [0, 0.05) is 11.5 Å². The molecule has 3 aromatic rings. The molecule has 1 aliphatic rings. The predicted molar refractivity (Wildman–Crippen MR) is 90.5 cm³/mol. The van der Waals surface area contributed by atoms with Crippen LogP contribution >= 0.6 is 0 Å². The molecule has 0 unspecified atom stereocenters. The first-order valence-electron chi connectivity index (χ1n) is 8.66. The standard InChI is InChI=1S/C18H21N5O2/c1-3-23(10-15-19-18(25-21-15)13-8-9-13)11-16-20-17(22-24-16)14-7-5-4-6-12(14)2/h4-7,13H,3,8-11H2,1-2H3. The van der Waals surface area contributed by atoms with E-state index >= 15 is 0 Å². The summed E-state index contributed by atoms with van der Waals surface area (Å²) in [5, 5.41) is 8.19. The number of hydrogen-bond donors (Lipinski definition) is 0. The highest BCUT2D eigenvalue weighted by Gasteiger charge is 2.29. The van der Waals surface area contributed by atoms with Crippen LogP contribution in [0.1, 0.15) is 48.9 Å². The van der Waals surface area contributed by atoms with E-state index in [1.807, 2.05) is 31.2 Å². The van der Waals surface area contributed by atoms with E-state index in [-0.39, 0.29) is 0 Å². The number of benzene rings is 1. The summed E-state index contributed by atoms with van der Waals surface area (Å²) in [4.78, 5) is 11.2. The molecule has 0 saturated heterocycles. The first-order chi connectivity index (χ1) is 12.2. The molecule has 0 aliphatic heterocycles. The Labute approximate surface area is 146 Å². The summed E-state index contributed by atoms with van der Waals surface area (Å²) in [6.45, 7) is 6.12. The second-order valence-corrected chi connectivity index (χ2v) is 6.45. The Bertz CT molecular complexity index is 853. The summed E-state index contributed by atoms with van der Waals surface area (Å²) >= 11 is 0. The molecule has 0 atom stereocenters. The molecule has 2 heterocycles. The van der Waals surface area contributed by atoms with E-state index in [1.54, 1.807) is 0 Å². The van der Waals surface area contributed by atoms with Crippen LogP contribution in [0.25, 0.3) is 11.4 Å². The lowest BCUT2D eigenvalue weighted by atomic mass is 10.1. The summed E-state index contributed by atoms with van der Waals surface area (Å²) < 4.78 is 10.8. The van der Waals surface area contributed by atoms with E-state index in [0.717, 1.165) is 36.4 Å². The van der Waals surface area contributed by atoms with Crippen molar-refractivity contribution >= 4 is 0 Å². The van der Waals surface area contributed by atoms with E-state index in [1.165, 1.54) is 0 Å². The molecule has 25 heavy (non-hydrogen) atoms. The largest absolute Gasteiger partial charge is 0.339 e. The Morgan fingerprint density at radius 1 is 1.08 bits per heavy atom. The van der Waals surface area contributed by atoms with Crippen LogP contribution in [0.15, 0.2) is 33.3 Å². The van der Waals surface area contributed by atoms with Crippen molar-refractivity contribution in [1.82, 2.24) is 25.2 Å². The molecule has 0 radical (unpaired) electrons.